The lowest BCUT2D eigenvalue weighted by Gasteiger charge is -2.10. The molecule has 0 fully saturated rings. The van der Waals surface area contributed by atoms with Crippen molar-refractivity contribution >= 4 is 27.7 Å². The summed E-state index contributed by atoms with van der Waals surface area (Å²) in [6, 6.07) is 14.0. The van der Waals surface area contributed by atoms with Crippen LogP contribution in [0.5, 0.6) is 5.75 Å². The summed E-state index contributed by atoms with van der Waals surface area (Å²) in [5, 5.41) is 12.9. The highest BCUT2D eigenvalue weighted by Gasteiger charge is 2.13. The van der Waals surface area contributed by atoms with E-state index in [0.29, 0.717) is 6.61 Å². The molecule has 7 heteroatoms. The Balaban J connectivity index is 1.63. The Kier molecular flexibility index (Phi) is 5.52. The minimum Gasteiger partial charge on any atom is -0.493 e. The molecule has 0 saturated carbocycles. The van der Waals surface area contributed by atoms with Gasteiger partial charge in [-0.1, -0.05) is 45.9 Å². The van der Waals surface area contributed by atoms with Crippen LogP contribution >= 0.6 is 27.7 Å². The van der Waals surface area contributed by atoms with Gasteiger partial charge in [0.25, 0.3) is 0 Å². The SMILES string of the molecule is Cc1cccc(C)c1-n1nnnc1SCCOc1ccc(Br)cc1. The van der Waals surface area contributed by atoms with Crippen LogP contribution in [-0.4, -0.2) is 32.6 Å². The number of hydrogen-bond acceptors (Lipinski definition) is 5. The molecule has 5 nitrogen and oxygen atoms in total. The third kappa shape index (κ3) is 3.96. The highest BCUT2D eigenvalue weighted by molar-refractivity contribution is 9.10. The third-order valence-electron chi connectivity index (χ3n) is 3.49. The number of benzene rings is 2. The smallest absolute Gasteiger partial charge is 0.214 e. The van der Waals surface area contributed by atoms with E-state index in [1.54, 1.807) is 16.4 Å². The van der Waals surface area contributed by atoms with Crippen LogP contribution in [0.15, 0.2) is 52.1 Å². The Labute approximate surface area is 153 Å². The average molecular weight is 405 g/mol. The van der Waals surface area contributed by atoms with Crippen molar-refractivity contribution in [2.24, 2.45) is 0 Å². The molecular weight excluding hydrogens is 388 g/mol. The summed E-state index contributed by atoms with van der Waals surface area (Å²) in [5.74, 6) is 1.62. The number of aromatic nitrogens is 4. The lowest BCUT2D eigenvalue weighted by molar-refractivity contribution is 0.344. The lowest BCUT2D eigenvalue weighted by atomic mass is 10.1. The molecule has 3 aromatic rings. The monoisotopic (exact) mass is 404 g/mol. The molecule has 2 aromatic carbocycles. The van der Waals surface area contributed by atoms with Crippen molar-refractivity contribution < 1.29 is 4.74 Å². The summed E-state index contributed by atoms with van der Waals surface area (Å²) >= 11 is 4.99. The van der Waals surface area contributed by atoms with Crippen LogP contribution in [0.2, 0.25) is 0 Å². The van der Waals surface area contributed by atoms with Gasteiger partial charge in [0.15, 0.2) is 0 Å². The van der Waals surface area contributed by atoms with Crippen molar-refractivity contribution in [3.05, 3.63) is 58.1 Å². The number of aryl methyl sites for hydroxylation is 2. The van der Waals surface area contributed by atoms with Crippen molar-refractivity contribution in [3.8, 4) is 11.4 Å². The lowest BCUT2D eigenvalue weighted by Crippen LogP contribution is -2.06. The summed E-state index contributed by atoms with van der Waals surface area (Å²) in [6.45, 7) is 4.72. The maximum atomic E-state index is 5.73. The standard InChI is InChI=1S/C17H17BrN4OS/c1-12-4-3-5-13(2)16(12)22-17(19-20-21-22)24-11-10-23-15-8-6-14(18)7-9-15/h3-9H,10-11H2,1-2H3. The summed E-state index contributed by atoms with van der Waals surface area (Å²) in [5.41, 5.74) is 3.34. The zero-order valence-corrected chi connectivity index (χ0v) is 15.8. The Morgan fingerprint density at radius 2 is 1.79 bits per heavy atom. The van der Waals surface area contributed by atoms with E-state index in [2.05, 4.69) is 57.4 Å². The van der Waals surface area contributed by atoms with E-state index in [0.717, 1.165) is 37.9 Å². The van der Waals surface area contributed by atoms with E-state index in [4.69, 9.17) is 4.74 Å². The molecule has 0 aliphatic carbocycles. The summed E-state index contributed by atoms with van der Waals surface area (Å²) in [6.07, 6.45) is 0. The first kappa shape index (κ1) is 17.0. The second kappa shape index (κ2) is 7.81. The molecule has 0 amide bonds. The van der Waals surface area contributed by atoms with Crippen LogP contribution < -0.4 is 4.74 Å². The predicted octanol–water partition coefficient (Wildman–Crippen LogP) is 4.21. The van der Waals surface area contributed by atoms with Gasteiger partial charge in [0.1, 0.15) is 5.75 Å². The van der Waals surface area contributed by atoms with E-state index in [-0.39, 0.29) is 0 Å². The largest absolute Gasteiger partial charge is 0.493 e. The first-order chi connectivity index (χ1) is 11.6. The zero-order valence-electron chi connectivity index (χ0n) is 13.4. The molecule has 0 atom stereocenters. The van der Waals surface area contributed by atoms with E-state index >= 15 is 0 Å². The Bertz CT molecular complexity index is 799. The van der Waals surface area contributed by atoms with E-state index in [1.165, 1.54) is 0 Å². The van der Waals surface area contributed by atoms with Crippen LogP contribution in [0, 0.1) is 13.8 Å². The number of ether oxygens (including phenoxy) is 1. The van der Waals surface area contributed by atoms with Gasteiger partial charge in [-0.2, -0.15) is 4.68 Å². The second-order valence-corrected chi connectivity index (χ2v) is 7.24. The van der Waals surface area contributed by atoms with Crippen LogP contribution in [0.25, 0.3) is 5.69 Å². The molecule has 0 unspecified atom stereocenters. The normalized spacial score (nSPS) is 10.8. The molecule has 0 N–H and O–H groups in total. The van der Waals surface area contributed by atoms with Gasteiger partial charge in [0, 0.05) is 10.2 Å². The molecule has 24 heavy (non-hydrogen) atoms. The molecule has 0 bridgehead atoms. The molecule has 1 aromatic heterocycles. The molecular formula is C17H17BrN4OS. The summed E-state index contributed by atoms with van der Waals surface area (Å²) < 4.78 is 8.57. The van der Waals surface area contributed by atoms with Gasteiger partial charge >= 0.3 is 0 Å². The van der Waals surface area contributed by atoms with Crippen molar-refractivity contribution in [2.45, 2.75) is 19.0 Å². The van der Waals surface area contributed by atoms with E-state index in [1.807, 2.05) is 30.3 Å². The summed E-state index contributed by atoms with van der Waals surface area (Å²) in [4.78, 5) is 0. The minimum absolute atomic E-state index is 0.589. The second-order valence-electron chi connectivity index (χ2n) is 5.26. The van der Waals surface area contributed by atoms with Crippen molar-refractivity contribution in [1.29, 1.82) is 0 Å². The number of thioether (sulfide) groups is 1. The molecule has 0 aliphatic rings. The maximum absolute atomic E-state index is 5.73. The average Bonchev–Trinajstić information content (AvgIpc) is 3.01. The number of nitrogens with zero attached hydrogens (tertiary/aromatic N) is 4. The van der Waals surface area contributed by atoms with Crippen LogP contribution in [0.1, 0.15) is 11.1 Å². The maximum Gasteiger partial charge on any atom is 0.214 e. The molecule has 124 valence electrons. The molecule has 0 saturated heterocycles. The number of halogens is 1. The van der Waals surface area contributed by atoms with Crippen molar-refractivity contribution in [2.75, 3.05) is 12.4 Å². The third-order valence-corrected chi connectivity index (χ3v) is 4.90. The van der Waals surface area contributed by atoms with Gasteiger partial charge in [-0.15, -0.1) is 5.10 Å². The van der Waals surface area contributed by atoms with Crippen LogP contribution in [0.3, 0.4) is 0 Å². The quantitative estimate of drug-likeness (QED) is 0.454. The molecule has 0 spiro atoms. The number of para-hydroxylation sites is 1. The number of tetrazole rings is 1. The molecule has 3 rings (SSSR count). The Morgan fingerprint density at radius 1 is 1.08 bits per heavy atom. The van der Waals surface area contributed by atoms with Gasteiger partial charge in [0.05, 0.1) is 12.3 Å². The van der Waals surface area contributed by atoms with Gasteiger partial charge in [-0.3, -0.25) is 0 Å². The molecule has 1 heterocycles. The zero-order chi connectivity index (χ0) is 16.9. The van der Waals surface area contributed by atoms with Crippen molar-refractivity contribution in [1.82, 2.24) is 20.2 Å². The minimum atomic E-state index is 0.589. The van der Waals surface area contributed by atoms with Crippen LogP contribution in [0.4, 0.5) is 0 Å². The fraction of sp³-hybridized carbons (Fsp3) is 0.235. The molecule has 0 radical (unpaired) electrons. The highest BCUT2D eigenvalue weighted by Crippen LogP contribution is 2.23. The Morgan fingerprint density at radius 3 is 2.50 bits per heavy atom. The van der Waals surface area contributed by atoms with Crippen LogP contribution in [-0.2, 0) is 0 Å². The predicted molar refractivity (Wildman–Crippen MR) is 99.0 cm³/mol. The van der Waals surface area contributed by atoms with Gasteiger partial charge in [-0.05, 0) is 59.7 Å². The first-order valence-corrected chi connectivity index (χ1v) is 9.29. The summed E-state index contributed by atoms with van der Waals surface area (Å²) in [7, 11) is 0. The highest BCUT2D eigenvalue weighted by atomic mass is 79.9. The molecule has 0 aliphatic heterocycles. The number of rotatable bonds is 6. The van der Waals surface area contributed by atoms with Gasteiger partial charge in [-0.25, -0.2) is 0 Å². The van der Waals surface area contributed by atoms with E-state index < -0.39 is 0 Å². The topological polar surface area (TPSA) is 52.8 Å². The first-order valence-electron chi connectivity index (χ1n) is 7.51. The number of hydrogen-bond donors (Lipinski definition) is 0. The fourth-order valence-electron chi connectivity index (χ4n) is 2.37. The Hall–Kier alpha value is -1.86. The van der Waals surface area contributed by atoms with Gasteiger partial charge < -0.3 is 4.74 Å². The van der Waals surface area contributed by atoms with Crippen molar-refractivity contribution in [3.63, 3.8) is 0 Å². The van der Waals surface area contributed by atoms with Gasteiger partial charge in [0.2, 0.25) is 5.16 Å². The fourth-order valence-corrected chi connectivity index (χ4v) is 3.33. The van der Waals surface area contributed by atoms with E-state index in [9.17, 15) is 0 Å².